The van der Waals surface area contributed by atoms with Crippen molar-refractivity contribution in [2.24, 2.45) is 0 Å². The minimum Gasteiger partial charge on any atom is -0.327 e. The molecule has 29 heavy (non-hydrogen) atoms. The maximum Gasteiger partial charge on any atom is 0.276 e. The summed E-state index contributed by atoms with van der Waals surface area (Å²) in [4.78, 5) is 17.7. The normalized spacial score (nSPS) is 13.8. The topological polar surface area (TPSA) is 46.9 Å². The van der Waals surface area contributed by atoms with Crippen LogP contribution in [-0.2, 0) is 13.0 Å². The van der Waals surface area contributed by atoms with Crippen molar-refractivity contribution in [1.82, 2.24) is 9.55 Å². The highest BCUT2D eigenvalue weighted by Crippen LogP contribution is 2.28. The molecule has 0 unspecified atom stereocenters. The predicted octanol–water partition coefficient (Wildman–Crippen LogP) is 5.79. The van der Waals surface area contributed by atoms with Gasteiger partial charge in [-0.1, -0.05) is 44.5 Å². The smallest absolute Gasteiger partial charge is 0.276 e. The van der Waals surface area contributed by atoms with Crippen LogP contribution in [0.15, 0.2) is 48.5 Å². The Morgan fingerprint density at radius 2 is 1.90 bits per heavy atom. The van der Waals surface area contributed by atoms with E-state index in [2.05, 4.69) is 28.7 Å². The molecule has 2 aromatic carbocycles. The number of carbonyl (C=O) groups is 1. The Labute approximate surface area is 170 Å². The number of nitrogens with zero attached hydrogens (tertiary/aromatic N) is 2. The van der Waals surface area contributed by atoms with E-state index < -0.39 is 0 Å². The summed E-state index contributed by atoms with van der Waals surface area (Å²) in [5.41, 5.74) is 4.07. The van der Waals surface area contributed by atoms with Crippen molar-refractivity contribution in [2.75, 3.05) is 5.32 Å². The number of aromatic nitrogens is 2. The number of nitrogens with one attached hydrogen (secondary N) is 1. The molecule has 2 heterocycles. The highest BCUT2D eigenvalue weighted by Gasteiger charge is 2.24. The fraction of sp³-hybridized carbons (Fsp3) is 0.333. The molecule has 3 aromatic rings. The van der Waals surface area contributed by atoms with Gasteiger partial charge in [-0.25, -0.2) is 9.37 Å². The van der Waals surface area contributed by atoms with Crippen LogP contribution >= 0.6 is 0 Å². The van der Waals surface area contributed by atoms with Crippen LogP contribution < -0.4 is 5.32 Å². The Morgan fingerprint density at radius 1 is 1.10 bits per heavy atom. The lowest BCUT2D eigenvalue weighted by molar-refractivity contribution is 0.102. The van der Waals surface area contributed by atoms with Gasteiger partial charge in [-0.15, -0.1) is 0 Å². The zero-order chi connectivity index (χ0) is 20.4. The van der Waals surface area contributed by atoms with Gasteiger partial charge in [0.1, 0.15) is 17.3 Å². The van der Waals surface area contributed by atoms with Crippen LogP contribution in [0.5, 0.6) is 0 Å². The first-order valence-electron chi connectivity index (χ1n) is 10.3. The molecule has 1 aromatic heterocycles. The average molecular weight is 391 g/mol. The second kappa shape index (κ2) is 8.19. The largest absolute Gasteiger partial charge is 0.327 e. The highest BCUT2D eigenvalue weighted by atomic mass is 19.1. The predicted molar refractivity (Wildman–Crippen MR) is 114 cm³/mol. The molecule has 0 radical (unpaired) electrons. The molecule has 150 valence electrons. The number of amides is 1. The van der Waals surface area contributed by atoms with Crippen molar-refractivity contribution in [3.8, 4) is 11.4 Å². The lowest BCUT2D eigenvalue weighted by atomic mass is 10.0. The lowest BCUT2D eigenvalue weighted by Gasteiger charge is -2.10. The van der Waals surface area contributed by atoms with E-state index in [1.165, 1.54) is 17.7 Å². The van der Waals surface area contributed by atoms with Crippen molar-refractivity contribution in [3.63, 3.8) is 0 Å². The first-order chi connectivity index (χ1) is 14.0. The molecule has 0 bridgehead atoms. The lowest BCUT2D eigenvalue weighted by Crippen LogP contribution is -2.15. The monoisotopic (exact) mass is 391 g/mol. The van der Waals surface area contributed by atoms with E-state index in [4.69, 9.17) is 0 Å². The van der Waals surface area contributed by atoms with E-state index in [0.717, 1.165) is 43.6 Å². The first kappa shape index (κ1) is 19.4. The third kappa shape index (κ3) is 4.09. The number of benzene rings is 2. The Morgan fingerprint density at radius 3 is 2.62 bits per heavy atom. The maximum absolute atomic E-state index is 13.8. The van der Waals surface area contributed by atoms with E-state index >= 15 is 0 Å². The fourth-order valence-electron chi connectivity index (χ4n) is 3.89. The average Bonchev–Trinajstić information content (AvgIpc) is 2.90. The molecule has 0 atom stereocenters. The highest BCUT2D eigenvalue weighted by molar-refractivity contribution is 6.04. The van der Waals surface area contributed by atoms with E-state index in [-0.39, 0.29) is 11.7 Å². The summed E-state index contributed by atoms with van der Waals surface area (Å²) in [7, 11) is 0. The number of hydrogen-bond donors (Lipinski definition) is 1. The van der Waals surface area contributed by atoms with E-state index in [9.17, 15) is 9.18 Å². The Kier molecular flexibility index (Phi) is 5.47. The molecule has 4 rings (SSSR count). The number of imidazole rings is 1. The van der Waals surface area contributed by atoms with Crippen molar-refractivity contribution in [3.05, 3.63) is 71.3 Å². The summed E-state index contributed by atoms with van der Waals surface area (Å²) < 4.78 is 15.9. The molecule has 5 heteroatoms. The third-order valence-electron chi connectivity index (χ3n) is 5.50. The standard InChI is InChI=1S/C24H26FN3O/c1-16(2)17-10-12-20(13-11-17)26-24(29)22-21-9-4-3-5-14-28(21)23(27-22)18-7-6-8-19(25)15-18/h6-8,10-13,15-16H,3-5,9,14H2,1-2H3,(H,26,29). The number of carbonyl (C=O) groups excluding carboxylic acids is 1. The summed E-state index contributed by atoms with van der Waals surface area (Å²) in [6.07, 6.45) is 3.97. The maximum atomic E-state index is 13.8. The van der Waals surface area contributed by atoms with Crippen molar-refractivity contribution < 1.29 is 9.18 Å². The van der Waals surface area contributed by atoms with Gasteiger partial charge in [0.2, 0.25) is 0 Å². The summed E-state index contributed by atoms with van der Waals surface area (Å²) >= 11 is 0. The molecule has 1 aliphatic heterocycles. The van der Waals surface area contributed by atoms with Crippen LogP contribution in [0.2, 0.25) is 0 Å². The molecule has 0 saturated carbocycles. The van der Waals surface area contributed by atoms with E-state index in [1.54, 1.807) is 6.07 Å². The van der Waals surface area contributed by atoms with Gasteiger partial charge < -0.3 is 9.88 Å². The van der Waals surface area contributed by atoms with Crippen LogP contribution in [0.3, 0.4) is 0 Å². The molecule has 1 N–H and O–H groups in total. The third-order valence-corrected chi connectivity index (χ3v) is 5.50. The molecular formula is C24H26FN3O. The van der Waals surface area contributed by atoms with Crippen LogP contribution in [0.4, 0.5) is 10.1 Å². The van der Waals surface area contributed by atoms with Crippen molar-refractivity contribution >= 4 is 11.6 Å². The van der Waals surface area contributed by atoms with Gasteiger partial charge in [0.05, 0.1) is 5.69 Å². The van der Waals surface area contributed by atoms with Gasteiger partial charge in [-0.05, 0) is 55.0 Å². The Hall–Kier alpha value is -2.95. The second-order valence-electron chi connectivity index (χ2n) is 7.93. The molecule has 1 amide bonds. The molecule has 4 nitrogen and oxygen atoms in total. The summed E-state index contributed by atoms with van der Waals surface area (Å²) in [5.74, 6) is 0.597. The Balaban J connectivity index is 1.68. The first-order valence-corrected chi connectivity index (χ1v) is 10.3. The molecule has 0 spiro atoms. The molecular weight excluding hydrogens is 365 g/mol. The van der Waals surface area contributed by atoms with Gasteiger partial charge in [0.25, 0.3) is 5.91 Å². The zero-order valence-corrected chi connectivity index (χ0v) is 16.9. The molecule has 1 aliphatic rings. The van der Waals surface area contributed by atoms with Crippen molar-refractivity contribution in [1.29, 1.82) is 0 Å². The summed E-state index contributed by atoms with van der Waals surface area (Å²) in [5, 5.41) is 2.98. The van der Waals surface area contributed by atoms with Gasteiger partial charge in [-0.3, -0.25) is 4.79 Å². The number of hydrogen-bond acceptors (Lipinski definition) is 2. The quantitative estimate of drug-likeness (QED) is 0.612. The van der Waals surface area contributed by atoms with Crippen LogP contribution in [0, 0.1) is 5.82 Å². The fourth-order valence-corrected chi connectivity index (χ4v) is 3.89. The minimum absolute atomic E-state index is 0.212. The van der Waals surface area contributed by atoms with Crippen LogP contribution in [0.25, 0.3) is 11.4 Å². The zero-order valence-electron chi connectivity index (χ0n) is 16.9. The minimum atomic E-state index is -0.301. The molecule has 0 fully saturated rings. The van der Waals surface area contributed by atoms with Crippen LogP contribution in [-0.4, -0.2) is 15.5 Å². The van der Waals surface area contributed by atoms with Gasteiger partial charge in [0.15, 0.2) is 0 Å². The van der Waals surface area contributed by atoms with E-state index in [0.29, 0.717) is 23.0 Å². The van der Waals surface area contributed by atoms with E-state index in [1.807, 2.05) is 30.3 Å². The second-order valence-corrected chi connectivity index (χ2v) is 7.93. The van der Waals surface area contributed by atoms with Gasteiger partial charge in [0, 0.05) is 17.8 Å². The Bertz CT molecular complexity index is 1020. The summed E-state index contributed by atoms with van der Waals surface area (Å²) in [6, 6.07) is 14.3. The summed E-state index contributed by atoms with van der Waals surface area (Å²) in [6.45, 7) is 5.08. The SMILES string of the molecule is CC(C)c1ccc(NC(=O)c2nc(-c3cccc(F)c3)n3c2CCCCC3)cc1. The van der Waals surface area contributed by atoms with Gasteiger partial charge in [-0.2, -0.15) is 0 Å². The molecule has 0 aliphatic carbocycles. The number of anilines is 1. The van der Waals surface area contributed by atoms with Gasteiger partial charge >= 0.3 is 0 Å². The van der Waals surface area contributed by atoms with Crippen LogP contribution in [0.1, 0.15) is 60.8 Å². The number of halogens is 1. The van der Waals surface area contributed by atoms with Crippen molar-refractivity contribution in [2.45, 2.75) is 52.0 Å². The molecule has 0 saturated heterocycles. The number of fused-ring (bicyclic) bond motifs is 1. The number of rotatable bonds is 4.